The van der Waals surface area contributed by atoms with Gasteiger partial charge in [0.05, 0.1) is 22.7 Å². The summed E-state index contributed by atoms with van der Waals surface area (Å²) >= 11 is 0. The zero-order chi connectivity index (χ0) is 23.9. The van der Waals surface area contributed by atoms with E-state index in [0.717, 1.165) is 24.3 Å². The summed E-state index contributed by atoms with van der Waals surface area (Å²) in [5, 5.41) is 0.685. The van der Waals surface area contributed by atoms with Gasteiger partial charge in [-0.2, -0.15) is 13.2 Å². The highest BCUT2D eigenvalue weighted by atomic mass is 32.2. The minimum Gasteiger partial charge on any atom is -0.488 e. The van der Waals surface area contributed by atoms with Crippen molar-refractivity contribution < 1.29 is 35.1 Å². The van der Waals surface area contributed by atoms with Crippen molar-refractivity contribution in [2.45, 2.75) is 22.8 Å². The fraction of sp³-hybridized carbons (Fsp3) is 0.190. The average molecular weight is 485 g/mol. The second kappa shape index (κ2) is 8.27. The van der Waals surface area contributed by atoms with Crippen LogP contribution in [0.3, 0.4) is 0 Å². The first kappa shape index (κ1) is 22.9. The molecule has 2 unspecified atom stereocenters. The minimum absolute atomic E-state index is 0.173. The Morgan fingerprint density at radius 2 is 1.91 bits per heavy atom. The number of alkyl halides is 4. The van der Waals surface area contributed by atoms with Crippen LogP contribution in [0, 0.1) is 0 Å². The fourth-order valence-electron chi connectivity index (χ4n) is 3.23. The molecule has 1 aromatic carbocycles. The molecule has 0 fully saturated rings. The number of aromatic nitrogens is 2. The quantitative estimate of drug-likeness (QED) is 0.506. The van der Waals surface area contributed by atoms with Crippen molar-refractivity contribution >= 4 is 21.1 Å². The first-order valence-corrected chi connectivity index (χ1v) is 11.0. The number of aromatic amines is 1. The molecule has 0 radical (unpaired) electrons. The summed E-state index contributed by atoms with van der Waals surface area (Å²) in [4.78, 5) is 6.45. The Kier molecular flexibility index (Phi) is 5.74. The van der Waals surface area contributed by atoms with Crippen LogP contribution >= 0.6 is 0 Å². The number of H-pyrrole nitrogens is 1. The lowest BCUT2D eigenvalue weighted by molar-refractivity contribution is -0.137. The molecule has 2 aromatic heterocycles. The van der Waals surface area contributed by atoms with Crippen LogP contribution in [0.5, 0.6) is 5.75 Å². The maximum atomic E-state index is 15.7. The van der Waals surface area contributed by atoms with E-state index in [1.807, 2.05) is 0 Å². The van der Waals surface area contributed by atoms with Crippen LogP contribution in [-0.4, -0.2) is 36.7 Å². The van der Waals surface area contributed by atoms with Gasteiger partial charge in [-0.05, 0) is 48.6 Å². The summed E-state index contributed by atoms with van der Waals surface area (Å²) in [5.74, 6) is -0.767. The summed E-state index contributed by atoms with van der Waals surface area (Å²) in [7, 11) is -4.45. The number of sulfonamides is 1. The number of ether oxygens (including phenoxy) is 1. The number of pyridine rings is 1. The molecular weight excluding hydrogens is 469 g/mol. The molecule has 0 bridgehead atoms. The van der Waals surface area contributed by atoms with Gasteiger partial charge in [-0.25, -0.2) is 26.9 Å². The Morgan fingerprint density at radius 3 is 2.61 bits per heavy atom. The molecule has 6 nitrogen and oxygen atoms in total. The molecular formula is C21H16F5N3O3S. The molecule has 0 spiro atoms. The molecule has 2 N–H and O–H groups in total. The van der Waals surface area contributed by atoms with Gasteiger partial charge in [0, 0.05) is 11.6 Å². The van der Waals surface area contributed by atoms with Crippen LogP contribution in [0.1, 0.15) is 5.56 Å². The van der Waals surface area contributed by atoms with E-state index in [1.165, 1.54) is 6.20 Å². The lowest BCUT2D eigenvalue weighted by Gasteiger charge is -2.31. The van der Waals surface area contributed by atoms with Gasteiger partial charge in [0.25, 0.3) is 0 Å². The highest BCUT2D eigenvalue weighted by Crippen LogP contribution is 2.32. The standard InChI is InChI=1S/C21H16F5N3O3S/c22-15-3-6-18(29-33(30,31)17-4-1-14(2-5-17)21(24,25)26)20(23,10-15)12-32-16-9-13-7-8-27-19(13)28-11-16/h1-11,18,29H,12H2,(H,27,28). The molecule has 0 aliphatic heterocycles. The maximum Gasteiger partial charge on any atom is 0.416 e. The van der Waals surface area contributed by atoms with E-state index >= 15 is 4.39 Å². The minimum atomic E-state index is -4.64. The number of hydrogen-bond donors (Lipinski definition) is 2. The van der Waals surface area contributed by atoms with Gasteiger partial charge in [-0.1, -0.05) is 6.08 Å². The highest BCUT2D eigenvalue weighted by Gasteiger charge is 2.42. The van der Waals surface area contributed by atoms with Gasteiger partial charge < -0.3 is 9.72 Å². The lowest BCUT2D eigenvalue weighted by atomic mass is 9.93. The normalized spacial score (nSPS) is 21.2. The van der Waals surface area contributed by atoms with Crippen LogP contribution in [0.4, 0.5) is 22.0 Å². The lowest BCUT2D eigenvalue weighted by Crippen LogP contribution is -2.52. The van der Waals surface area contributed by atoms with Gasteiger partial charge in [0.15, 0.2) is 5.67 Å². The molecule has 2 heterocycles. The van der Waals surface area contributed by atoms with Crippen LogP contribution in [0.2, 0.25) is 0 Å². The Bertz CT molecular complexity index is 1330. The summed E-state index contributed by atoms with van der Waals surface area (Å²) in [6.45, 7) is -0.761. The predicted octanol–water partition coefficient (Wildman–Crippen LogP) is 4.44. The summed E-state index contributed by atoms with van der Waals surface area (Å²) in [5.41, 5.74) is -3.10. The molecule has 0 amide bonds. The summed E-state index contributed by atoms with van der Waals surface area (Å²) < 4.78 is 101. The molecule has 174 valence electrons. The van der Waals surface area contributed by atoms with Crippen molar-refractivity contribution in [2.24, 2.45) is 0 Å². The third-order valence-corrected chi connectivity index (χ3v) is 6.41. The molecule has 0 saturated carbocycles. The topological polar surface area (TPSA) is 84.1 Å². The van der Waals surface area contributed by atoms with E-state index in [-0.39, 0.29) is 5.75 Å². The van der Waals surface area contributed by atoms with Gasteiger partial charge in [-0.3, -0.25) is 0 Å². The Morgan fingerprint density at radius 1 is 1.18 bits per heavy atom. The summed E-state index contributed by atoms with van der Waals surface area (Å²) in [6.07, 6.45) is 0.749. The maximum absolute atomic E-state index is 15.7. The third kappa shape index (κ3) is 4.91. The number of rotatable bonds is 6. The molecule has 1 aliphatic rings. The van der Waals surface area contributed by atoms with E-state index in [9.17, 15) is 26.0 Å². The van der Waals surface area contributed by atoms with Crippen molar-refractivity contribution in [2.75, 3.05) is 6.61 Å². The van der Waals surface area contributed by atoms with E-state index in [2.05, 4.69) is 14.7 Å². The van der Waals surface area contributed by atoms with Gasteiger partial charge in [0.2, 0.25) is 10.0 Å². The number of nitrogens with one attached hydrogen (secondary N) is 2. The van der Waals surface area contributed by atoms with E-state index in [1.54, 1.807) is 18.3 Å². The molecule has 4 rings (SSSR count). The molecule has 12 heteroatoms. The number of benzene rings is 1. The number of hydrogen-bond acceptors (Lipinski definition) is 4. The SMILES string of the molecule is O=S(=O)(NC1C=CC(F)=CC1(F)COc1cnc2[nH]ccc2c1)c1ccc(C(F)(F)F)cc1. The van der Waals surface area contributed by atoms with Crippen molar-refractivity contribution in [3.05, 3.63) is 78.4 Å². The summed E-state index contributed by atoms with van der Waals surface area (Å²) in [6, 6.07) is 4.40. The fourth-order valence-corrected chi connectivity index (χ4v) is 4.47. The molecule has 0 saturated heterocycles. The van der Waals surface area contributed by atoms with E-state index in [0.29, 0.717) is 29.2 Å². The number of fused-ring (bicyclic) bond motifs is 1. The predicted molar refractivity (Wildman–Crippen MR) is 109 cm³/mol. The highest BCUT2D eigenvalue weighted by molar-refractivity contribution is 7.89. The molecule has 3 aromatic rings. The smallest absolute Gasteiger partial charge is 0.416 e. The van der Waals surface area contributed by atoms with Crippen molar-refractivity contribution in [3.63, 3.8) is 0 Å². The Hall–Kier alpha value is -3.25. The first-order chi connectivity index (χ1) is 15.5. The van der Waals surface area contributed by atoms with Crippen molar-refractivity contribution in [3.8, 4) is 5.75 Å². The number of allylic oxidation sites excluding steroid dienone is 2. The van der Waals surface area contributed by atoms with E-state index in [4.69, 9.17) is 4.74 Å². The molecule has 1 aliphatic carbocycles. The van der Waals surface area contributed by atoms with Crippen LogP contribution in [-0.2, 0) is 16.2 Å². The van der Waals surface area contributed by atoms with Gasteiger partial charge in [0.1, 0.15) is 23.8 Å². The van der Waals surface area contributed by atoms with E-state index < -0.39 is 50.8 Å². The van der Waals surface area contributed by atoms with Crippen LogP contribution in [0.25, 0.3) is 11.0 Å². The second-order valence-corrected chi connectivity index (χ2v) is 9.03. The molecule has 2 atom stereocenters. The molecule has 33 heavy (non-hydrogen) atoms. The van der Waals surface area contributed by atoms with Crippen molar-refractivity contribution in [1.29, 1.82) is 0 Å². The largest absolute Gasteiger partial charge is 0.488 e. The second-order valence-electron chi connectivity index (χ2n) is 7.31. The zero-order valence-electron chi connectivity index (χ0n) is 16.6. The van der Waals surface area contributed by atoms with Gasteiger partial charge in [-0.15, -0.1) is 0 Å². The average Bonchev–Trinajstić information content (AvgIpc) is 3.22. The Labute approximate surface area is 184 Å². The van der Waals surface area contributed by atoms with Crippen LogP contribution < -0.4 is 9.46 Å². The number of nitrogens with zero attached hydrogens (tertiary/aromatic N) is 1. The van der Waals surface area contributed by atoms with Crippen molar-refractivity contribution in [1.82, 2.24) is 14.7 Å². The van der Waals surface area contributed by atoms with Gasteiger partial charge >= 0.3 is 6.18 Å². The third-order valence-electron chi connectivity index (χ3n) is 4.95. The monoisotopic (exact) mass is 485 g/mol. The zero-order valence-corrected chi connectivity index (χ0v) is 17.4. The first-order valence-electron chi connectivity index (χ1n) is 9.47. The number of halogens is 5. The van der Waals surface area contributed by atoms with Crippen LogP contribution in [0.15, 0.2) is 77.7 Å². The Balaban J connectivity index is 1.54.